The Morgan fingerprint density at radius 3 is 2.39 bits per heavy atom. The molecule has 0 atom stereocenters. The molecule has 0 spiro atoms. The van der Waals surface area contributed by atoms with Crippen LogP contribution in [0.25, 0.3) is 0 Å². The molecular formula is C14H13Br2NO. The van der Waals surface area contributed by atoms with Gasteiger partial charge in [0.25, 0.3) is 0 Å². The fourth-order valence-corrected chi connectivity index (χ4v) is 2.18. The van der Waals surface area contributed by atoms with Crippen molar-refractivity contribution in [1.82, 2.24) is 0 Å². The molecule has 2 rings (SSSR count). The molecule has 0 bridgehead atoms. The highest BCUT2D eigenvalue weighted by Gasteiger charge is 1.97. The van der Waals surface area contributed by atoms with E-state index in [0.29, 0.717) is 6.61 Å². The van der Waals surface area contributed by atoms with E-state index in [2.05, 4.69) is 37.2 Å². The van der Waals surface area contributed by atoms with Gasteiger partial charge >= 0.3 is 0 Å². The lowest BCUT2D eigenvalue weighted by Crippen LogP contribution is -2.11. The van der Waals surface area contributed by atoms with E-state index in [1.54, 1.807) is 0 Å². The molecule has 0 aliphatic carbocycles. The van der Waals surface area contributed by atoms with Crippen LogP contribution < -0.4 is 10.1 Å². The molecule has 0 unspecified atom stereocenters. The Kier molecular flexibility index (Phi) is 5.08. The summed E-state index contributed by atoms with van der Waals surface area (Å²) in [6.07, 6.45) is 0. The van der Waals surface area contributed by atoms with Crippen molar-refractivity contribution >= 4 is 37.5 Å². The number of rotatable bonds is 5. The number of benzene rings is 2. The minimum Gasteiger partial charge on any atom is -0.492 e. The van der Waals surface area contributed by atoms with Crippen LogP contribution >= 0.6 is 31.9 Å². The third-order valence-corrected chi connectivity index (χ3v) is 3.59. The topological polar surface area (TPSA) is 21.3 Å². The van der Waals surface area contributed by atoms with E-state index in [1.165, 1.54) is 0 Å². The lowest BCUT2D eigenvalue weighted by atomic mass is 10.3. The second kappa shape index (κ2) is 6.81. The van der Waals surface area contributed by atoms with Crippen molar-refractivity contribution in [3.05, 3.63) is 57.5 Å². The molecule has 0 aliphatic rings. The standard InChI is InChI=1S/C14H13Br2NO/c15-11-5-7-12(8-6-11)18-10-9-17-14-4-2-1-3-13(14)16/h1-8,17H,9-10H2. The van der Waals surface area contributed by atoms with Crippen molar-refractivity contribution in [2.24, 2.45) is 0 Å². The fraction of sp³-hybridized carbons (Fsp3) is 0.143. The summed E-state index contributed by atoms with van der Waals surface area (Å²) in [5.74, 6) is 0.882. The van der Waals surface area contributed by atoms with E-state index in [9.17, 15) is 0 Å². The summed E-state index contributed by atoms with van der Waals surface area (Å²) in [5, 5.41) is 3.31. The molecule has 2 aromatic rings. The molecule has 0 aliphatic heterocycles. The van der Waals surface area contributed by atoms with Crippen LogP contribution in [0.5, 0.6) is 5.75 Å². The lowest BCUT2D eigenvalue weighted by Gasteiger charge is -2.09. The molecule has 1 N–H and O–H groups in total. The summed E-state index contributed by atoms with van der Waals surface area (Å²) in [4.78, 5) is 0. The van der Waals surface area contributed by atoms with Crippen LogP contribution in [0.1, 0.15) is 0 Å². The molecule has 2 nitrogen and oxygen atoms in total. The van der Waals surface area contributed by atoms with Crippen molar-refractivity contribution in [2.45, 2.75) is 0 Å². The van der Waals surface area contributed by atoms with Gasteiger partial charge in [0.2, 0.25) is 0 Å². The van der Waals surface area contributed by atoms with E-state index in [-0.39, 0.29) is 0 Å². The average Bonchev–Trinajstić information content (AvgIpc) is 2.39. The van der Waals surface area contributed by atoms with Gasteiger partial charge in [-0.25, -0.2) is 0 Å². The zero-order chi connectivity index (χ0) is 12.8. The Morgan fingerprint density at radius 1 is 0.944 bits per heavy atom. The van der Waals surface area contributed by atoms with E-state index < -0.39 is 0 Å². The molecule has 0 aromatic heterocycles. The van der Waals surface area contributed by atoms with Gasteiger partial charge in [-0.05, 0) is 52.3 Å². The minimum absolute atomic E-state index is 0.628. The third kappa shape index (κ3) is 4.03. The predicted molar refractivity (Wildman–Crippen MR) is 82.3 cm³/mol. The number of anilines is 1. The van der Waals surface area contributed by atoms with Crippen LogP contribution in [0.15, 0.2) is 57.5 Å². The number of hydrogen-bond acceptors (Lipinski definition) is 2. The minimum atomic E-state index is 0.628. The molecule has 0 amide bonds. The highest BCUT2D eigenvalue weighted by atomic mass is 79.9. The van der Waals surface area contributed by atoms with Gasteiger partial charge in [0.15, 0.2) is 0 Å². The summed E-state index contributed by atoms with van der Waals surface area (Å²) in [5.41, 5.74) is 1.08. The first-order valence-corrected chi connectivity index (χ1v) is 7.21. The van der Waals surface area contributed by atoms with Crippen molar-refractivity contribution in [1.29, 1.82) is 0 Å². The quantitative estimate of drug-likeness (QED) is 0.770. The highest BCUT2D eigenvalue weighted by molar-refractivity contribution is 9.10. The van der Waals surface area contributed by atoms with E-state index in [4.69, 9.17) is 4.74 Å². The zero-order valence-electron chi connectivity index (χ0n) is 9.70. The summed E-state index contributed by atoms with van der Waals surface area (Å²) in [6, 6.07) is 15.9. The number of hydrogen-bond donors (Lipinski definition) is 1. The predicted octanol–water partition coefficient (Wildman–Crippen LogP) is 4.70. The van der Waals surface area contributed by atoms with Gasteiger partial charge in [0, 0.05) is 21.2 Å². The van der Waals surface area contributed by atoms with E-state index >= 15 is 0 Å². The zero-order valence-corrected chi connectivity index (χ0v) is 12.9. The smallest absolute Gasteiger partial charge is 0.119 e. The number of halogens is 2. The Balaban J connectivity index is 1.76. The summed E-state index contributed by atoms with van der Waals surface area (Å²) in [6.45, 7) is 1.39. The van der Waals surface area contributed by atoms with Crippen molar-refractivity contribution in [3.8, 4) is 5.75 Å². The van der Waals surface area contributed by atoms with Gasteiger partial charge in [-0.15, -0.1) is 0 Å². The van der Waals surface area contributed by atoms with Gasteiger partial charge in [-0.2, -0.15) is 0 Å². The first-order valence-electron chi connectivity index (χ1n) is 5.62. The summed E-state index contributed by atoms with van der Waals surface area (Å²) < 4.78 is 7.74. The normalized spacial score (nSPS) is 10.1. The van der Waals surface area contributed by atoms with E-state index in [1.807, 2.05) is 48.5 Å². The van der Waals surface area contributed by atoms with Crippen molar-refractivity contribution in [2.75, 3.05) is 18.5 Å². The molecule has 18 heavy (non-hydrogen) atoms. The van der Waals surface area contributed by atoms with Gasteiger partial charge in [0.1, 0.15) is 12.4 Å². The Hall–Kier alpha value is -1.00. The van der Waals surface area contributed by atoms with Gasteiger partial charge in [-0.3, -0.25) is 0 Å². The Bertz CT molecular complexity index is 499. The van der Waals surface area contributed by atoms with Crippen LogP contribution in [-0.4, -0.2) is 13.2 Å². The maximum Gasteiger partial charge on any atom is 0.119 e. The monoisotopic (exact) mass is 369 g/mol. The number of nitrogens with one attached hydrogen (secondary N) is 1. The first kappa shape index (κ1) is 13.4. The van der Waals surface area contributed by atoms with Crippen molar-refractivity contribution in [3.63, 3.8) is 0 Å². The fourth-order valence-electron chi connectivity index (χ4n) is 1.49. The molecule has 94 valence electrons. The van der Waals surface area contributed by atoms with Gasteiger partial charge in [-0.1, -0.05) is 28.1 Å². The number of ether oxygens (including phenoxy) is 1. The Morgan fingerprint density at radius 2 is 1.67 bits per heavy atom. The second-order valence-electron chi connectivity index (χ2n) is 3.71. The molecule has 0 fully saturated rings. The van der Waals surface area contributed by atoms with E-state index in [0.717, 1.165) is 26.9 Å². The maximum atomic E-state index is 5.62. The molecule has 0 saturated carbocycles. The largest absolute Gasteiger partial charge is 0.492 e. The van der Waals surface area contributed by atoms with Crippen LogP contribution in [0.2, 0.25) is 0 Å². The molecule has 0 heterocycles. The summed E-state index contributed by atoms with van der Waals surface area (Å²) >= 11 is 6.89. The molecule has 4 heteroatoms. The molecule has 2 aromatic carbocycles. The summed E-state index contributed by atoms with van der Waals surface area (Å²) in [7, 11) is 0. The highest BCUT2D eigenvalue weighted by Crippen LogP contribution is 2.21. The third-order valence-electron chi connectivity index (χ3n) is 2.37. The molecule has 0 saturated heterocycles. The number of para-hydroxylation sites is 1. The van der Waals surface area contributed by atoms with Crippen LogP contribution in [0.4, 0.5) is 5.69 Å². The van der Waals surface area contributed by atoms with Crippen LogP contribution in [-0.2, 0) is 0 Å². The SMILES string of the molecule is Brc1ccc(OCCNc2ccccc2Br)cc1. The maximum absolute atomic E-state index is 5.62. The van der Waals surface area contributed by atoms with Gasteiger partial charge < -0.3 is 10.1 Å². The van der Waals surface area contributed by atoms with Crippen LogP contribution in [0.3, 0.4) is 0 Å². The van der Waals surface area contributed by atoms with Crippen LogP contribution in [0, 0.1) is 0 Å². The second-order valence-corrected chi connectivity index (χ2v) is 5.48. The molecular weight excluding hydrogens is 358 g/mol. The van der Waals surface area contributed by atoms with Crippen molar-refractivity contribution < 1.29 is 4.74 Å². The first-order chi connectivity index (χ1) is 8.75. The average molecular weight is 371 g/mol. The lowest BCUT2D eigenvalue weighted by molar-refractivity contribution is 0.333. The Labute approximate surface area is 124 Å². The molecule has 0 radical (unpaired) electrons. The van der Waals surface area contributed by atoms with Gasteiger partial charge in [0.05, 0.1) is 0 Å².